The minimum absolute atomic E-state index is 0.271. The molecular formula is C15H15N5O3. The first kappa shape index (κ1) is 14.8. The van der Waals surface area contributed by atoms with Crippen LogP contribution >= 0.6 is 0 Å². The fraction of sp³-hybridized carbons (Fsp3) is 0.200. The van der Waals surface area contributed by atoms with E-state index in [0.29, 0.717) is 22.8 Å². The van der Waals surface area contributed by atoms with Crippen molar-refractivity contribution in [1.29, 1.82) is 0 Å². The van der Waals surface area contributed by atoms with E-state index in [2.05, 4.69) is 30.2 Å². The third kappa shape index (κ3) is 3.20. The average molecular weight is 313 g/mol. The van der Waals surface area contributed by atoms with E-state index in [1.54, 1.807) is 30.3 Å². The number of nitrogens with zero attached hydrogens (tertiary/aromatic N) is 2. The number of anilines is 1. The summed E-state index contributed by atoms with van der Waals surface area (Å²) in [5, 5.41) is 13.2. The lowest BCUT2D eigenvalue weighted by Crippen LogP contribution is -2.12. The summed E-state index contributed by atoms with van der Waals surface area (Å²) < 4.78 is 4.45. The van der Waals surface area contributed by atoms with Gasteiger partial charge in [0.1, 0.15) is 0 Å². The van der Waals surface area contributed by atoms with Gasteiger partial charge in [-0.2, -0.15) is 5.10 Å². The zero-order chi connectivity index (χ0) is 16.4. The van der Waals surface area contributed by atoms with Gasteiger partial charge in [0.15, 0.2) is 11.5 Å². The molecule has 23 heavy (non-hydrogen) atoms. The highest BCUT2D eigenvalue weighted by Gasteiger charge is 2.12. The molecule has 0 spiro atoms. The number of hydrogen-bond acceptors (Lipinski definition) is 5. The third-order valence-electron chi connectivity index (χ3n) is 3.31. The van der Waals surface area contributed by atoms with E-state index in [-0.39, 0.29) is 11.8 Å². The van der Waals surface area contributed by atoms with Crippen LogP contribution in [0, 0.1) is 0 Å². The molecule has 3 aromatic rings. The van der Waals surface area contributed by atoms with Crippen molar-refractivity contribution in [2.75, 3.05) is 5.32 Å². The first-order chi connectivity index (χ1) is 11.0. The van der Waals surface area contributed by atoms with Crippen molar-refractivity contribution in [1.82, 2.24) is 20.3 Å². The molecule has 0 unspecified atom stereocenters. The molecule has 3 N–H and O–H groups in total. The average Bonchev–Trinajstić information content (AvgIpc) is 3.17. The van der Waals surface area contributed by atoms with Gasteiger partial charge in [-0.05, 0) is 36.2 Å². The van der Waals surface area contributed by atoms with Gasteiger partial charge in [0.2, 0.25) is 0 Å². The second-order valence-corrected chi connectivity index (χ2v) is 5.34. The van der Waals surface area contributed by atoms with Gasteiger partial charge in [-0.3, -0.25) is 19.4 Å². The molecule has 1 amide bonds. The molecule has 2 heterocycles. The second-order valence-electron chi connectivity index (χ2n) is 5.34. The van der Waals surface area contributed by atoms with Crippen LogP contribution in [0.1, 0.15) is 35.9 Å². The lowest BCUT2D eigenvalue weighted by Gasteiger charge is -2.03. The van der Waals surface area contributed by atoms with Gasteiger partial charge in [0.05, 0.1) is 0 Å². The summed E-state index contributed by atoms with van der Waals surface area (Å²) in [5.41, 5.74) is 2.52. The fourth-order valence-corrected chi connectivity index (χ4v) is 2.01. The van der Waals surface area contributed by atoms with Crippen LogP contribution in [0.2, 0.25) is 0 Å². The first-order valence-electron chi connectivity index (χ1n) is 7.06. The normalized spacial score (nSPS) is 10.9. The van der Waals surface area contributed by atoms with Crippen LogP contribution in [-0.4, -0.2) is 26.2 Å². The predicted octanol–water partition coefficient (Wildman–Crippen LogP) is 2.13. The van der Waals surface area contributed by atoms with E-state index in [9.17, 15) is 9.59 Å². The summed E-state index contributed by atoms with van der Waals surface area (Å²) in [6.45, 7) is 4.03. The highest BCUT2D eigenvalue weighted by Crippen LogP contribution is 2.18. The molecule has 0 atom stereocenters. The molecule has 0 aliphatic heterocycles. The Bertz CT molecular complexity index is 873. The van der Waals surface area contributed by atoms with Gasteiger partial charge in [0.25, 0.3) is 5.91 Å². The number of carbonyl (C=O) groups is 1. The molecule has 3 rings (SSSR count). The quantitative estimate of drug-likeness (QED) is 0.682. The van der Waals surface area contributed by atoms with Crippen LogP contribution in [0.4, 0.5) is 5.69 Å². The number of amides is 1. The molecule has 0 fully saturated rings. The van der Waals surface area contributed by atoms with Gasteiger partial charge in [0, 0.05) is 16.9 Å². The van der Waals surface area contributed by atoms with E-state index >= 15 is 0 Å². The summed E-state index contributed by atoms with van der Waals surface area (Å²) in [5.74, 6) is -0.303. The molecule has 8 nitrogen and oxygen atoms in total. The molecule has 0 radical (unpaired) electrons. The minimum Gasteiger partial charge on any atom is -0.321 e. The largest absolute Gasteiger partial charge is 0.439 e. The molecule has 2 aromatic heterocycles. The molecule has 0 aliphatic rings. The minimum atomic E-state index is -0.614. The number of nitrogens with one attached hydrogen (secondary N) is 3. The Morgan fingerprint density at radius 2 is 2.00 bits per heavy atom. The summed E-state index contributed by atoms with van der Waals surface area (Å²) >= 11 is 0. The van der Waals surface area contributed by atoms with Crippen molar-refractivity contribution >= 4 is 11.6 Å². The zero-order valence-corrected chi connectivity index (χ0v) is 12.6. The third-order valence-corrected chi connectivity index (χ3v) is 3.31. The topological polar surface area (TPSA) is 117 Å². The maximum absolute atomic E-state index is 12.1. The van der Waals surface area contributed by atoms with Crippen LogP contribution < -0.4 is 11.1 Å². The van der Waals surface area contributed by atoms with Gasteiger partial charge in [-0.1, -0.05) is 19.0 Å². The summed E-state index contributed by atoms with van der Waals surface area (Å²) in [6, 6.07) is 8.57. The molecular weight excluding hydrogens is 298 g/mol. The molecule has 8 heteroatoms. The Balaban J connectivity index is 1.72. The standard InChI is InChI=1S/C15H15N5O3/c1-8(2)11-7-12(19-18-11)14(21)16-10-5-3-9(4-6-10)13-17-15(22)23-20-13/h3-8H,1-2H3,(H,16,21)(H,18,19)(H,17,20,22). The van der Waals surface area contributed by atoms with Crippen LogP contribution in [-0.2, 0) is 0 Å². The summed E-state index contributed by atoms with van der Waals surface area (Å²) in [7, 11) is 0. The smallest absolute Gasteiger partial charge is 0.321 e. The first-order valence-corrected chi connectivity index (χ1v) is 7.06. The predicted molar refractivity (Wildman–Crippen MR) is 83.2 cm³/mol. The molecule has 118 valence electrons. The summed E-state index contributed by atoms with van der Waals surface area (Å²) in [6.07, 6.45) is 0. The second kappa shape index (κ2) is 5.91. The maximum Gasteiger partial charge on any atom is 0.439 e. The van der Waals surface area contributed by atoms with Crippen molar-refractivity contribution in [2.24, 2.45) is 0 Å². The van der Waals surface area contributed by atoms with Crippen molar-refractivity contribution in [3.05, 3.63) is 52.3 Å². The van der Waals surface area contributed by atoms with Crippen molar-refractivity contribution in [3.8, 4) is 11.4 Å². The highest BCUT2D eigenvalue weighted by atomic mass is 16.5. The Kier molecular flexibility index (Phi) is 3.80. The van der Waals surface area contributed by atoms with Crippen molar-refractivity contribution in [2.45, 2.75) is 19.8 Å². The van der Waals surface area contributed by atoms with E-state index in [4.69, 9.17) is 0 Å². The Morgan fingerprint density at radius 1 is 1.26 bits per heavy atom. The lowest BCUT2D eigenvalue weighted by atomic mass is 10.1. The fourth-order valence-electron chi connectivity index (χ4n) is 2.01. The van der Waals surface area contributed by atoms with Crippen molar-refractivity contribution < 1.29 is 9.32 Å². The number of aromatic nitrogens is 4. The molecule has 0 saturated carbocycles. The SMILES string of the molecule is CC(C)c1cc(C(=O)Nc2ccc(-c3noc(=O)[nH]3)cc2)n[nH]1. The number of rotatable bonds is 4. The molecule has 0 saturated heterocycles. The van der Waals surface area contributed by atoms with Crippen LogP contribution in [0.25, 0.3) is 11.4 Å². The van der Waals surface area contributed by atoms with Gasteiger partial charge in [-0.15, -0.1) is 0 Å². The van der Waals surface area contributed by atoms with E-state index < -0.39 is 5.76 Å². The van der Waals surface area contributed by atoms with E-state index in [0.717, 1.165) is 5.69 Å². The Morgan fingerprint density at radius 3 is 2.57 bits per heavy atom. The lowest BCUT2D eigenvalue weighted by molar-refractivity contribution is 0.102. The van der Waals surface area contributed by atoms with Crippen molar-refractivity contribution in [3.63, 3.8) is 0 Å². The highest BCUT2D eigenvalue weighted by molar-refractivity contribution is 6.03. The van der Waals surface area contributed by atoms with E-state index in [1.165, 1.54) is 0 Å². The monoisotopic (exact) mass is 313 g/mol. The van der Waals surface area contributed by atoms with Gasteiger partial charge in [-0.25, -0.2) is 4.79 Å². The number of aromatic amines is 2. The van der Waals surface area contributed by atoms with Gasteiger partial charge < -0.3 is 5.32 Å². The summed E-state index contributed by atoms with van der Waals surface area (Å²) in [4.78, 5) is 25.5. The van der Waals surface area contributed by atoms with Gasteiger partial charge >= 0.3 is 5.76 Å². The number of carbonyl (C=O) groups excluding carboxylic acids is 1. The molecule has 0 aliphatic carbocycles. The van der Waals surface area contributed by atoms with Crippen LogP contribution in [0.3, 0.4) is 0 Å². The number of hydrogen-bond donors (Lipinski definition) is 3. The van der Waals surface area contributed by atoms with E-state index in [1.807, 2.05) is 13.8 Å². The number of benzene rings is 1. The number of H-pyrrole nitrogens is 2. The molecule has 1 aromatic carbocycles. The van der Waals surface area contributed by atoms with Crippen LogP contribution in [0.5, 0.6) is 0 Å². The zero-order valence-electron chi connectivity index (χ0n) is 12.6. The van der Waals surface area contributed by atoms with Crippen LogP contribution in [0.15, 0.2) is 39.6 Å². The Hall–Kier alpha value is -3.16. The Labute approximate surface area is 130 Å². The molecule has 0 bridgehead atoms. The maximum atomic E-state index is 12.1.